The van der Waals surface area contributed by atoms with Crippen LogP contribution in [0.25, 0.3) is 0 Å². The van der Waals surface area contributed by atoms with Crippen molar-refractivity contribution in [2.45, 2.75) is 129 Å². The van der Waals surface area contributed by atoms with Crippen LogP contribution in [-0.4, -0.2) is 11.1 Å². The van der Waals surface area contributed by atoms with Gasteiger partial charge in [0.1, 0.15) is 0 Å². The van der Waals surface area contributed by atoms with Gasteiger partial charge in [-0.25, -0.2) is 0 Å². The number of nitrogens with zero attached hydrogens (tertiary/aromatic N) is 1. The van der Waals surface area contributed by atoms with Crippen LogP contribution in [-0.2, 0) is 4.79 Å². The highest BCUT2D eigenvalue weighted by Crippen LogP contribution is 2.50. The summed E-state index contributed by atoms with van der Waals surface area (Å²) >= 11 is 0. The zero-order valence-corrected chi connectivity index (χ0v) is 19.8. The largest absolute Gasteiger partial charge is 0.481 e. The quantitative estimate of drug-likeness (QED) is 0.308. The van der Waals surface area contributed by atoms with E-state index in [9.17, 15) is 10.1 Å². The number of hydrogen-bond acceptors (Lipinski definition) is 2. The van der Waals surface area contributed by atoms with E-state index in [1.54, 1.807) is 0 Å². The molecule has 2 rings (SSSR count). The van der Waals surface area contributed by atoms with Gasteiger partial charge in [-0.3, -0.25) is 4.79 Å². The predicted octanol–water partition coefficient (Wildman–Crippen LogP) is 8.13. The number of rotatable bonds is 13. The molecule has 2 fully saturated rings. The molecule has 1 N–H and O–H groups in total. The molecule has 3 nitrogen and oxygen atoms in total. The molecule has 2 saturated carbocycles. The van der Waals surface area contributed by atoms with Crippen LogP contribution in [0.5, 0.6) is 0 Å². The maximum absolute atomic E-state index is 11.0. The minimum Gasteiger partial charge on any atom is -0.481 e. The summed E-state index contributed by atoms with van der Waals surface area (Å²) in [6.07, 6.45) is 21.7. The van der Waals surface area contributed by atoms with Crippen LogP contribution in [0.3, 0.4) is 0 Å². The van der Waals surface area contributed by atoms with Crippen LogP contribution >= 0.6 is 0 Å². The van der Waals surface area contributed by atoms with Gasteiger partial charge in [0.05, 0.1) is 11.5 Å². The normalized spacial score (nSPS) is 30.5. The van der Waals surface area contributed by atoms with Crippen LogP contribution in [0.15, 0.2) is 0 Å². The number of hydrogen-bond donors (Lipinski definition) is 1. The first kappa shape index (κ1) is 25.2. The van der Waals surface area contributed by atoms with Gasteiger partial charge in [0.15, 0.2) is 0 Å². The third-order valence-electron chi connectivity index (χ3n) is 8.65. The van der Waals surface area contributed by atoms with Crippen molar-refractivity contribution in [2.24, 2.45) is 29.1 Å². The number of unbranched alkanes of at least 4 members (excludes halogenated alkanes) is 5. The van der Waals surface area contributed by atoms with Crippen molar-refractivity contribution in [3.05, 3.63) is 0 Å². The lowest BCUT2D eigenvalue weighted by Crippen LogP contribution is -2.36. The number of carboxylic acids is 1. The Hall–Kier alpha value is -1.04. The molecule has 0 unspecified atom stereocenters. The molecular weight excluding hydrogens is 370 g/mol. The molecule has 30 heavy (non-hydrogen) atoms. The predicted molar refractivity (Wildman–Crippen MR) is 124 cm³/mol. The minimum atomic E-state index is -0.729. The van der Waals surface area contributed by atoms with Crippen molar-refractivity contribution in [1.82, 2.24) is 0 Å². The Morgan fingerprint density at radius 1 is 0.967 bits per heavy atom. The lowest BCUT2D eigenvalue weighted by Gasteiger charge is -2.44. The van der Waals surface area contributed by atoms with Crippen molar-refractivity contribution in [3.63, 3.8) is 0 Å². The van der Waals surface area contributed by atoms with Crippen molar-refractivity contribution in [3.8, 4) is 6.07 Å². The van der Waals surface area contributed by atoms with Gasteiger partial charge in [-0.05, 0) is 68.6 Å². The van der Waals surface area contributed by atoms with Crippen molar-refractivity contribution in [1.29, 1.82) is 5.26 Å². The van der Waals surface area contributed by atoms with Crippen LogP contribution in [0.4, 0.5) is 0 Å². The molecule has 0 saturated heterocycles. The summed E-state index contributed by atoms with van der Waals surface area (Å²) in [5, 5.41) is 19.1. The molecule has 0 radical (unpaired) electrons. The number of aliphatic carboxylic acids is 1. The van der Waals surface area contributed by atoms with Gasteiger partial charge in [0.25, 0.3) is 0 Å². The molecule has 0 amide bonds. The van der Waals surface area contributed by atoms with Gasteiger partial charge < -0.3 is 5.11 Å². The second-order valence-corrected chi connectivity index (χ2v) is 10.5. The van der Waals surface area contributed by atoms with E-state index >= 15 is 0 Å². The SMILES string of the molecule is CCCCCCCCC1CCC(C2CCC(C#N)([C@@H](CC)CCC(=O)O)CC2)CC1. The Morgan fingerprint density at radius 3 is 2.13 bits per heavy atom. The molecule has 1 atom stereocenters. The molecule has 0 aliphatic heterocycles. The monoisotopic (exact) mass is 417 g/mol. The summed E-state index contributed by atoms with van der Waals surface area (Å²) in [5.41, 5.74) is -0.268. The molecule has 3 heteroatoms. The summed E-state index contributed by atoms with van der Waals surface area (Å²) < 4.78 is 0. The molecule has 0 bridgehead atoms. The fourth-order valence-corrected chi connectivity index (χ4v) is 6.57. The standard InChI is InChI=1S/C27H47NO2/c1-3-5-6-7-8-9-10-22-11-13-23(14-12-22)24-17-19-27(21-28,20-18-24)25(4-2)15-16-26(29)30/h22-25H,3-20H2,1-2H3,(H,29,30)/t22?,23?,24?,25-,27?/m0/s1. The van der Waals surface area contributed by atoms with Gasteiger partial charge >= 0.3 is 5.97 Å². The second-order valence-electron chi connectivity index (χ2n) is 10.5. The van der Waals surface area contributed by atoms with E-state index in [1.807, 2.05) is 0 Å². The summed E-state index contributed by atoms with van der Waals surface area (Å²) in [5.74, 6) is 2.16. The smallest absolute Gasteiger partial charge is 0.303 e. The van der Waals surface area contributed by atoms with Crippen LogP contribution < -0.4 is 0 Å². The van der Waals surface area contributed by atoms with Crippen molar-refractivity contribution >= 4 is 5.97 Å². The third kappa shape index (κ3) is 7.58. The fraction of sp³-hybridized carbons (Fsp3) is 0.926. The van der Waals surface area contributed by atoms with Crippen LogP contribution in [0.2, 0.25) is 0 Å². The van der Waals surface area contributed by atoms with Crippen molar-refractivity contribution in [2.75, 3.05) is 0 Å². The molecule has 0 aromatic heterocycles. The molecule has 0 aromatic carbocycles. The molecule has 0 heterocycles. The first-order valence-electron chi connectivity index (χ1n) is 13.2. The third-order valence-corrected chi connectivity index (χ3v) is 8.65. The Bertz CT molecular complexity index is 521. The summed E-state index contributed by atoms with van der Waals surface area (Å²) in [6, 6.07) is 2.67. The lowest BCUT2D eigenvalue weighted by molar-refractivity contribution is -0.137. The van der Waals surface area contributed by atoms with Gasteiger partial charge in [-0.15, -0.1) is 0 Å². The highest BCUT2D eigenvalue weighted by atomic mass is 16.4. The van der Waals surface area contributed by atoms with E-state index in [1.165, 1.54) is 83.5 Å². The highest BCUT2D eigenvalue weighted by Gasteiger charge is 2.43. The van der Waals surface area contributed by atoms with E-state index in [2.05, 4.69) is 19.9 Å². The molecule has 2 aliphatic carbocycles. The lowest BCUT2D eigenvalue weighted by atomic mass is 9.59. The Labute approximate surface area is 186 Å². The number of nitriles is 1. The Balaban J connectivity index is 1.71. The van der Waals surface area contributed by atoms with Gasteiger partial charge in [0, 0.05) is 6.42 Å². The van der Waals surface area contributed by atoms with Crippen LogP contribution in [0, 0.1) is 40.4 Å². The minimum absolute atomic E-state index is 0.202. The van der Waals surface area contributed by atoms with E-state index in [-0.39, 0.29) is 17.8 Å². The summed E-state index contributed by atoms with van der Waals surface area (Å²) in [7, 11) is 0. The Morgan fingerprint density at radius 2 is 1.57 bits per heavy atom. The number of carboxylic acid groups (broad SMARTS) is 1. The molecule has 2 aliphatic rings. The zero-order valence-electron chi connectivity index (χ0n) is 19.8. The number of carbonyl (C=O) groups is 1. The first-order chi connectivity index (χ1) is 14.5. The fourth-order valence-electron chi connectivity index (χ4n) is 6.57. The first-order valence-corrected chi connectivity index (χ1v) is 13.2. The van der Waals surface area contributed by atoms with Gasteiger partial charge in [-0.1, -0.05) is 78.1 Å². The van der Waals surface area contributed by atoms with Crippen molar-refractivity contribution < 1.29 is 9.90 Å². The van der Waals surface area contributed by atoms with Crippen LogP contribution in [0.1, 0.15) is 129 Å². The van der Waals surface area contributed by atoms with E-state index < -0.39 is 5.97 Å². The van der Waals surface area contributed by atoms with Gasteiger partial charge in [0.2, 0.25) is 0 Å². The topological polar surface area (TPSA) is 61.1 Å². The van der Waals surface area contributed by atoms with E-state index in [0.29, 0.717) is 6.42 Å². The molecule has 0 aromatic rings. The zero-order chi connectivity index (χ0) is 21.8. The highest BCUT2D eigenvalue weighted by molar-refractivity contribution is 5.66. The maximum atomic E-state index is 11.0. The average molecular weight is 418 g/mol. The summed E-state index contributed by atoms with van der Waals surface area (Å²) in [6.45, 7) is 4.41. The molecule has 172 valence electrons. The second kappa shape index (κ2) is 13.4. The van der Waals surface area contributed by atoms with E-state index in [0.717, 1.165) is 37.0 Å². The maximum Gasteiger partial charge on any atom is 0.303 e. The van der Waals surface area contributed by atoms with Gasteiger partial charge in [-0.2, -0.15) is 5.26 Å². The molecule has 0 spiro atoms. The summed E-state index contributed by atoms with van der Waals surface area (Å²) in [4.78, 5) is 11.0. The average Bonchev–Trinajstić information content (AvgIpc) is 2.77. The Kier molecular flexibility index (Phi) is 11.3. The molecular formula is C27H47NO2. The van der Waals surface area contributed by atoms with E-state index in [4.69, 9.17) is 5.11 Å².